The monoisotopic (exact) mass is 324 g/mol. The minimum absolute atomic E-state index is 0.221. The van der Waals surface area contributed by atoms with E-state index in [0.717, 1.165) is 15.7 Å². The number of fused-ring (bicyclic) bond motifs is 1. The molecule has 0 saturated carbocycles. The quantitative estimate of drug-likeness (QED) is 0.831. The Balaban J connectivity index is 2.65. The second-order valence-electron chi connectivity index (χ2n) is 4.94. The van der Waals surface area contributed by atoms with E-state index in [4.69, 9.17) is 5.73 Å². The molecule has 1 aromatic carbocycles. The van der Waals surface area contributed by atoms with Crippen molar-refractivity contribution in [1.82, 2.24) is 4.31 Å². The summed E-state index contributed by atoms with van der Waals surface area (Å²) in [6.07, 6.45) is 0. The van der Waals surface area contributed by atoms with Crippen molar-refractivity contribution in [3.63, 3.8) is 0 Å². The summed E-state index contributed by atoms with van der Waals surface area (Å²) in [6.45, 7) is 8.43. The Kier molecular flexibility index (Phi) is 4.83. The predicted molar refractivity (Wildman–Crippen MR) is 89.0 cm³/mol. The predicted octanol–water partition coefficient (Wildman–Crippen LogP) is 2.95. The molecule has 1 heterocycles. The number of rotatable bonds is 6. The van der Waals surface area contributed by atoms with E-state index in [2.05, 4.69) is 6.58 Å². The van der Waals surface area contributed by atoms with Gasteiger partial charge in [0, 0.05) is 34.6 Å². The molecular formula is C15H20N2O2S2. The van der Waals surface area contributed by atoms with Gasteiger partial charge in [-0.05, 0) is 13.0 Å². The van der Waals surface area contributed by atoms with Crippen molar-refractivity contribution in [2.24, 2.45) is 5.73 Å². The van der Waals surface area contributed by atoms with E-state index in [0.29, 0.717) is 22.9 Å². The smallest absolute Gasteiger partial charge is 0.245 e. The standard InChI is InChI=1S/C15H20N2O2S2/c1-4-17(10-11(2)3)21(18,19)15-12-7-5-6-8-13(12)20-14(15)9-16/h5-8H,2,4,9-10,16H2,1,3H3. The molecular weight excluding hydrogens is 304 g/mol. The third-order valence-corrected chi connectivity index (χ3v) is 6.57. The molecule has 0 saturated heterocycles. The van der Waals surface area contributed by atoms with Crippen LogP contribution in [0.15, 0.2) is 41.3 Å². The Morgan fingerprint density at radius 3 is 2.62 bits per heavy atom. The number of sulfonamides is 1. The van der Waals surface area contributed by atoms with Crippen molar-refractivity contribution in [2.45, 2.75) is 25.3 Å². The number of nitrogens with two attached hydrogens (primary N) is 1. The Morgan fingerprint density at radius 2 is 2.05 bits per heavy atom. The summed E-state index contributed by atoms with van der Waals surface area (Å²) < 4.78 is 28.4. The van der Waals surface area contributed by atoms with Crippen LogP contribution in [0.4, 0.5) is 0 Å². The van der Waals surface area contributed by atoms with Gasteiger partial charge in [0.25, 0.3) is 0 Å². The van der Waals surface area contributed by atoms with Crippen LogP contribution in [-0.4, -0.2) is 25.8 Å². The summed E-state index contributed by atoms with van der Waals surface area (Å²) in [5, 5.41) is 0.753. The number of nitrogens with zero attached hydrogens (tertiary/aromatic N) is 1. The van der Waals surface area contributed by atoms with Gasteiger partial charge in [-0.3, -0.25) is 0 Å². The van der Waals surface area contributed by atoms with Crippen LogP contribution >= 0.6 is 11.3 Å². The van der Waals surface area contributed by atoms with E-state index < -0.39 is 10.0 Å². The topological polar surface area (TPSA) is 63.4 Å². The molecule has 0 atom stereocenters. The molecule has 2 rings (SSSR count). The fourth-order valence-electron chi connectivity index (χ4n) is 2.29. The number of thiophene rings is 1. The van der Waals surface area contributed by atoms with Crippen LogP contribution in [0, 0.1) is 0 Å². The Bertz CT molecular complexity index is 763. The molecule has 0 bridgehead atoms. The van der Waals surface area contributed by atoms with Crippen molar-refractivity contribution < 1.29 is 8.42 Å². The molecule has 114 valence electrons. The van der Waals surface area contributed by atoms with Gasteiger partial charge in [0.1, 0.15) is 4.90 Å². The molecule has 0 spiro atoms. The summed E-state index contributed by atoms with van der Waals surface area (Å²) >= 11 is 1.44. The molecule has 0 fully saturated rings. The molecule has 0 amide bonds. The molecule has 0 aliphatic carbocycles. The maximum Gasteiger partial charge on any atom is 0.245 e. The summed E-state index contributed by atoms with van der Waals surface area (Å²) in [5.41, 5.74) is 6.58. The maximum absolute atomic E-state index is 13.0. The first kappa shape index (κ1) is 16.2. The lowest BCUT2D eigenvalue weighted by Crippen LogP contribution is -2.32. The fraction of sp³-hybridized carbons (Fsp3) is 0.333. The van der Waals surface area contributed by atoms with Gasteiger partial charge < -0.3 is 5.73 Å². The van der Waals surface area contributed by atoms with Gasteiger partial charge in [-0.25, -0.2) is 8.42 Å². The second kappa shape index (κ2) is 6.27. The van der Waals surface area contributed by atoms with Crippen LogP contribution in [-0.2, 0) is 16.6 Å². The number of hydrogen-bond donors (Lipinski definition) is 1. The zero-order valence-corrected chi connectivity index (χ0v) is 13.9. The van der Waals surface area contributed by atoms with Gasteiger partial charge in [0.05, 0.1) is 0 Å². The highest BCUT2D eigenvalue weighted by Gasteiger charge is 2.29. The SMILES string of the molecule is C=C(C)CN(CC)S(=O)(=O)c1c(CN)sc2ccccc12. The fourth-order valence-corrected chi connectivity index (χ4v) is 5.59. The third kappa shape index (κ3) is 3.03. The highest BCUT2D eigenvalue weighted by atomic mass is 32.2. The van der Waals surface area contributed by atoms with Gasteiger partial charge in [-0.2, -0.15) is 4.31 Å². The summed E-state index contributed by atoms with van der Waals surface area (Å²) in [6, 6.07) is 7.52. The molecule has 1 aromatic heterocycles. The highest BCUT2D eigenvalue weighted by molar-refractivity contribution is 7.89. The van der Waals surface area contributed by atoms with Crippen LogP contribution < -0.4 is 5.73 Å². The molecule has 2 N–H and O–H groups in total. The van der Waals surface area contributed by atoms with Gasteiger partial charge in [-0.1, -0.05) is 37.3 Å². The molecule has 2 aromatic rings. The zero-order chi connectivity index (χ0) is 15.6. The van der Waals surface area contributed by atoms with Crippen molar-refractivity contribution in [3.05, 3.63) is 41.3 Å². The average molecular weight is 324 g/mol. The first-order valence-corrected chi connectivity index (χ1v) is 9.02. The lowest BCUT2D eigenvalue weighted by molar-refractivity contribution is 0.453. The number of likely N-dealkylation sites (N-methyl/N-ethyl adjacent to an activating group) is 1. The maximum atomic E-state index is 13.0. The molecule has 4 nitrogen and oxygen atoms in total. The van der Waals surface area contributed by atoms with Gasteiger partial charge in [-0.15, -0.1) is 11.3 Å². The molecule has 6 heteroatoms. The molecule has 0 aliphatic heterocycles. The first-order chi connectivity index (χ1) is 9.91. The van der Waals surface area contributed by atoms with Crippen LogP contribution in [0.25, 0.3) is 10.1 Å². The van der Waals surface area contributed by atoms with Gasteiger partial charge in [0.15, 0.2) is 0 Å². The van der Waals surface area contributed by atoms with E-state index in [1.54, 1.807) is 0 Å². The third-order valence-electron chi connectivity index (χ3n) is 3.20. The minimum atomic E-state index is -3.57. The molecule has 0 radical (unpaired) electrons. The zero-order valence-electron chi connectivity index (χ0n) is 12.3. The molecule has 21 heavy (non-hydrogen) atoms. The summed E-state index contributed by atoms with van der Waals surface area (Å²) in [7, 11) is -3.57. The number of hydrogen-bond acceptors (Lipinski definition) is 4. The van der Waals surface area contributed by atoms with E-state index in [1.165, 1.54) is 15.6 Å². The van der Waals surface area contributed by atoms with E-state index in [-0.39, 0.29) is 6.54 Å². The summed E-state index contributed by atoms with van der Waals surface area (Å²) in [5.74, 6) is 0. The Morgan fingerprint density at radius 1 is 1.38 bits per heavy atom. The van der Waals surface area contributed by atoms with E-state index in [1.807, 2.05) is 38.1 Å². The summed E-state index contributed by atoms with van der Waals surface area (Å²) in [4.78, 5) is 1.06. The minimum Gasteiger partial charge on any atom is -0.326 e. The van der Waals surface area contributed by atoms with E-state index >= 15 is 0 Å². The number of benzene rings is 1. The Labute approximate surface area is 129 Å². The van der Waals surface area contributed by atoms with Gasteiger partial charge >= 0.3 is 0 Å². The van der Waals surface area contributed by atoms with Crippen LogP contribution in [0.2, 0.25) is 0 Å². The lowest BCUT2D eigenvalue weighted by Gasteiger charge is -2.21. The van der Waals surface area contributed by atoms with Crippen molar-refractivity contribution >= 4 is 31.4 Å². The van der Waals surface area contributed by atoms with Crippen LogP contribution in [0.3, 0.4) is 0 Å². The van der Waals surface area contributed by atoms with Gasteiger partial charge in [0.2, 0.25) is 10.0 Å². The normalized spacial score (nSPS) is 12.2. The molecule has 0 aliphatic rings. The van der Waals surface area contributed by atoms with Crippen LogP contribution in [0.5, 0.6) is 0 Å². The average Bonchev–Trinajstić information content (AvgIpc) is 2.83. The lowest BCUT2D eigenvalue weighted by atomic mass is 10.2. The van der Waals surface area contributed by atoms with Crippen molar-refractivity contribution in [1.29, 1.82) is 0 Å². The highest BCUT2D eigenvalue weighted by Crippen LogP contribution is 2.36. The largest absolute Gasteiger partial charge is 0.326 e. The molecule has 0 unspecified atom stereocenters. The van der Waals surface area contributed by atoms with Crippen LogP contribution in [0.1, 0.15) is 18.7 Å². The Hall–Kier alpha value is -1.21. The van der Waals surface area contributed by atoms with Crippen molar-refractivity contribution in [2.75, 3.05) is 13.1 Å². The second-order valence-corrected chi connectivity index (χ2v) is 7.95. The first-order valence-electron chi connectivity index (χ1n) is 6.76. The van der Waals surface area contributed by atoms with Crippen molar-refractivity contribution in [3.8, 4) is 0 Å². The van der Waals surface area contributed by atoms with E-state index in [9.17, 15) is 8.42 Å².